The number of nitrogens with one attached hydrogen (secondary N) is 2. The Morgan fingerprint density at radius 1 is 1.42 bits per heavy atom. The molecule has 0 aliphatic carbocycles. The van der Waals surface area contributed by atoms with Crippen LogP contribution in [0.3, 0.4) is 0 Å². The first kappa shape index (κ1) is 13.7. The maximum Gasteiger partial charge on any atom is 0.338 e. The molecule has 3 N–H and O–H groups in total. The molecule has 1 saturated heterocycles. The molecule has 2 rings (SSSR count). The Morgan fingerprint density at radius 3 is 2.84 bits per heavy atom. The highest BCUT2D eigenvalue weighted by Gasteiger charge is 2.18. The molecule has 0 amide bonds. The molecule has 0 unspecified atom stereocenters. The van der Waals surface area contributed by atoms with Crippen LogP contribution in [0.25, 0.3) is 0 Å². The number of carboxylic acids is 1. The van der Waals surface area contributed by atoms with E-state index in [1.54, 1.807) is 0 Å². The molecule has 0 spiro atoms. The third-order valence-electron chi connectivity index (χ3n) is 3.28. The van der Waals surface area contributed by atoms with Crippen LogP contribution in [0.1, 0.15) is 29.6 Å². The number of anilines is 1. The van der Waals surface area contributed by atoms with Gasteiger partial charge in [0.2, 0.25) is 0 Å². The van der Waals surface area contributed by atoms with Gasteiger partial charge in [-0.2, -0.15) is 0 Å². The van der Waals surface area contributed by atoms with Crippen LogP contribution < -0.4 is 10.6 Å². The molecule has 6 heteroatoms. The van der Waals surface area contributed by atoms with Crippen LogP contribution in [0, 0.1) is 11.6 Å². The van der Waals surface area contributed by atoms with Crippen molar-refractivity contribution >= 4 is 11.7 Å². The van der Waals surface area contributed by atoms with Crippen LogP contribution in [-0.2, 0) is 0 Å². The van der Waals surface area contributed by atoms with Crippen molar-refractivity contribution in [2.24, 2.45) is 0 Å². The zero-order valence-corrected chi connectivity index (χ0v) is 10.4. The van der Waals surface area contributed by atoms with Crippen molar-refractivity contribution < 1.29 is 18.7 Å². The Kier molecular flexibility index (Phi) is 4.31. The normalized spacial score (nSPS) is 18.5. The van der Waals surface area contributed by atoms with E-state index in [9.17, 15) is 13.6 Å². The van der Waals surface area contributed by atoms with E-state index in [-0.39, 0.29) is 5.69 Å². The van der Waals surface area contributed by atoms with E-state index in [4.69, 9.17) is 5.11 Å². The highest BCUT2D eigenvalue weighted by Crippen LogP contribution is 2.21. The summed E-state index contributed by atoms with van der Waals surface area (Å²) in [5, 5.41) is 14.8. The van der Waals surface area contributed by atoms with Gasteiger partial charge in [-0.25, -0.2) is 13.6 Å². The van der Waals surface area contributed by atoms with Crippen molar-refractivity contribution in [3.63, 3.8) is 0 Å². The summed E-state index contributed by atoms with van der Waals surface area (Å²) in [5.41, 5.74) is -0.652. The third-order valence-corrected chi connectivity index (χ3v) is 3.28. The SMILES string of the molecule is O=C(O)c1ccc(NCC[C@H]2CCCN2)c(F)c1F. The van der Waals surface area contributed by atoms with Crippen LogP contribution in [0.15, 0.2) is 12.1 Å². The Hall–Kier alpha value is -1.69. The average molecular weight is 270 g/mol. The number of carbonyl (C=O) groups is 1. The molecule has 19 heavy (non-hydrogen) atoms. The van der Waals surface area contributed by atoms with Crippen molar-refractivity contribution in [3.8, 4) is 0 Å². The van der Waals surface area contributed by atoms with Crippen molar-refractivity contribution in [1.82, 2.24) is 5.32 Å². The molecule has 4 nitrogen and oxygen atoms in total. The van der Waals surface area contributed by atoms with E-state index in [0.29, 0.717) is 12.6 Å². The fraction of sp³-hybridized carbons (Fsp3) is 0.462. The number of hydrogen-bond donors (Lipinski definition) is 3. The smallest absolute Gasteiger partial charge is 0.338 e. The van der Waals surface area contributed by atoms with E-state index >= 15 is 0 Å². The third kappa shape index (κ3) is 3.20. The van der Waals surface area contributed by atoms with Crippen LogP contribution in [0.4, 0.5) is 14.5 Å². The summed E-state index contributed by atoms with van der Waals surface area (Å²) in [7, 11) is 0. The van der Waals surface area contributed by atoms with Crippen LogP contribution in [0.2, 0.25) is 0 Å². The number of carboxylic acid groups (broad SMARTS) is 1. The fourth-order valence-electron chi connectivity index (χ4n) is 2.24. The molecular weight excluding hydrogens is 254 g/mol. The standard InChI is InChI=1S/C13H16F2N2O2/c14-11-9(13(18)19)3-4-10(12(11)15)17-7-5-8-2-1-6-16-8/h3-4,8,16-17H,1-2,5-7H2,(H,18,19)/t8-/m1/s1. The van der Waals surface area contributed by atoms with E-state index in [1.807, 2.05) is 0 Å². The summed E-state index contributed by atoms with van der Waals surface area (Å²) in [6, 6.07) is 2.74. The lowest BCUT2D eigenvalue weighted by atomic mass is 10.1. The highest BCUT2D eigenvalue weighted by atomic mass is 19.2. The van der Waals surface area contributed by atoms with E-state index < -0.39 is 23.2 Å². The second kappa shape index (κ2) is 5.97. The molecule has 1 atom stereocenters. The summed E-state index contributed by atoms with van der Waals surface area (Å²) in [6.45, 7) is 1.52. The van der Waals surface area contributed by atoms with E-state index in [1.165, 1.54) is 6.07 Å². The largest absolute Gasteiger partial charge is 0.478 e. The first-order chi connectivity index (χ1) is 9.09. The van der Waals surface area contributed by atoms with Crippen molar-refractivity contribution in [2.45, 2.75) is 25.3 Å². The van der Waals surface area contributed by atoms with Crippen molar-refractivity contribution in [1.29, 1.82) is 0 Å². The van der Waals surface area contributed by atoms with Crippen molar-refractivity contribution in [2.75, 3.05) is 18.4 Å². The lowest BCUT2D eigenvalue weighted by molar-refractivity contribution is 0.0690. The Morgan fingerprint density at radius 2 is 2.21 bits per heavy atom. The first-order valence-electron chi connectivity index (χ1n) is 6.28. The summed E-state index contributed by atoms with van der Waals surface area (Å²) < 4.78 is 27.0. The van der Waals surface area contributed by atoms with E-state index in [2.05, 4.69) is 10.6 Å². The maximum atomic E-state index is 13.6. The van der Waals surface area contributed by atoms with Gasteiger partial charge in [-0.15, -0.1) is 0 Å². The van der Waals surface area contributed by atoms with Crippen molar-refractivity contribution in [3.05, 3.63) is 29.3 Å². The van der Waals surface area contributed by atoms with Crippen LogP contribution >= 0.6 is 0 Å². The molecular formula is C13H16F2N2O2. The average Bonchev–Trinajstić information content (AvgIpc) is 2.87. The van der Waals surface area contributed by atoms with Gasteiger partial charge in [-0.1, -0.05) is 0 Å². The summed E-state index contributed by atoms with van der Waals surface area (Å²) >= 11 is 0. The summed E-state index contributed by atoms with van der Waals surface area (Å²) in [5.74, 6) is -3.94. The number of benzene rings is 1. The number of aromatic carboxylic acids is 1. The van der Waals surface area contributed by atoms with Gasteiger partial charge < -0.3 is 15.7 Å². The lowest BCUT2D eigenvalue weighted by Gasteiger charge is -2.12. The molecule has 104 valence electrons. The predicted octanol–water partition coefficient (Wildman–Crippen LogP) is 2.22. The summed E-state index contributed by atoms with van der Waals surface area (Å²) in [6.07, 6.45) is 3.05. The molecule has 0 bridgehead atoms. The second-order valence-corrected chi connectivity index (χ2v) is 4.60. The monoisotopic (exact) mass is 270 g/mol. The molecule has 0 aromatic heterocycles. The number of hydrogen-bond acceptors (Lipinski definition) is 3. The molecule has 1 aromatic carbocycles. The topological polar surface area (TPSA) is 61.4 Å². The van der Waals surface area contributed by atoms with Gasteiger partial charge in [0, 0.05) is 12.6 Å². The minimum absolute atomic E-state index is 0.000460. The highest BCUT2D eigenvalue weighted by molar-refractivity contribution is 5.88. The minimum Gasteiger partial charge on any atom is -0.478 e. The Bertz CT molecular complexity index is 474. The van der Waals surface area contributed by atoms with Crippen LogP contribution in [0.5, 0.6) is 0 Å². The zero-order valence-electron chi connectivity index (χ0n) is 10.4. The second-order valence-electron chi connectivity index (χ2n) is 4.60. The molecule has 1 aromatic rings. The van der Waals surface area contributed by atoms with Gasteiger partial charge in [0.05, 0.1) is 11.3 Å². The van der Waals surface area contributed by atoms with Gasteiger partial charge in [0.15, 0.2) is 11.6 Å². The van der Waals surface area contributed by atoms with Gasteiger partial charge in [0.25, 0.3) is 0 Å². The lowest BCUT2D eigenvalue weighted by Crippen LogP contribution is -2.24. The van der Waals surface area contributed by atoms with Gasteiger partial charge in [-0.05, 0) is 37.9 Å². The molecule has 0 radical (unpaired) electrons. The fourth-order valence-corrected chi connectivity index (χ4v) is 2.24. The Balaban J connectivity index is 1.96. The van der Waals surface area contributed by atoms with Gasteiger partial charge in [0.1, 0.15) is 0 Å². The quantitative estimate of drug-likeness (QED) is 0.767. The van der Waals surface area contributed by atoms with Gasteiger partial charge >= 0.3 is 5.97 Å². The summed E-state index contributed by atoms with van der Waals surface area (Å²) in [4.78, 5) is 10.6. The molecule has 1 heterocycles. The van der Waals surface area contributed by atoms with Gasteiger partial charge in [-0.3, -0.25) is 0 Å². The minimum atomic E-state index is -1.47. The molecule has 1 fully saturated rings. The molecule has 1 aliphatic heterocycles. The van der Waals surface area contributed by atoms with Crippen LogP contribution in [-0.4, -0.2) is 30.2 Å². The Labute approximate surface area is 109 Å². The van der Waals surface area contributed by atoms with E-state index in [0.717, 1.165) is 31.9 Å². The molecule has 0 saturated carbocycles. The predicted molar refractivity (Wildman–Crippen MR) is 67.4 cm³/mol. The maximum absolute atomic E-state index is 13.6. The number of halogens is 2. The first-order valence-corrected chi connectivity index (χ1v) is 6.28. The molecule has 1 aliphatic rings. The number of rotatable bonds is 5. The zero-order chi connectivity index (χ0) is 13.8.